The van der Waals surface area contributed by atoms with Gasteiger partial charge < -0.3 is 10.1 Å². The smallest absolute Gasteiger partial charge is 0.210 e. The molecule has 16 heavy (non-hydrogen) atoms. The fourth-order valence-electron chi connectivity index (χ4n) is 1.21. The van der Waals surface area contributed by atoms with Gasteiger partial charge in [-0.15, -0.1) is 10.2 Å². The number of hydrogen-bond donors (Lipinski definition) is 1. The number of aromatic nitrogens is 2. The second-order valence-electron chi connectivity index (χ2n) is 2.90. The zero-order valence-corrected chi connectivity index (χ0v) is 10.6. The summed E-state index contributed by atoms with van der Waals surface area (Å²) >= 11 is 3.10. The molecule has 0 amide bonds. The van der Waals surface area contributed by atoms with E-state index in [4.69, 9.17) is 4.74 Å². The molecular weight excluding hydrogens is 242 g/mol. The molecule has 0 fully saturated rings. The van der Waals surface area contributed by atoms with Crippen LogP contribution in [0.4, 0.5) is 10.8 Å². The minimum atomic E-state index is 0.772. The Kier molecular flexibility index (Phi) is 3.63. The molecule has 0 aliphatic carbocycles. The largest absolute Gasteiger partial charge is 0.495 e. The highest BCUT2D eigenvalue weighted by molar-refractivity contribution is 8.00. The first kappa shape index (κ1) is 11.2. The maximum absolute atomic E-state index is 5.24. The summed E-state index contributed by atoms with van der Waals surface area (Å²) in [6.45, 7) is 0. The van der Waals surface area contributed by atoms with Crippen LogP contribution in [0.25, 0.3) is 0 Å². The fraction of sp³-hybridized carbons (Fsp3) is 0.200. The predicted octanol–water partition coefficient (Wildman–Crippen LogP) is 3.01. The molecule has 4 nitrogen and oxygen atoms in total. The number of methoxy groups -OCH3 is 1. The van der Waals surface area contributed by atoms with E-state index in [1.165, 1.54) is 11.3 Å². The zero-order valence-electron chi connectivity index (χ0n) is 8.93. The summed E-state index contributed by atoms with van der Waals surface area (Å²) in [6, 6.07) is 7.72. The van der Waals surface area contributed by atoms with Gasteiger partial charge in [-0.05, 0) is 18.4 Å². The van der Waals surface area contributed by atoms with Gasteiger partial charge in [0.05, 0.1) is 12.8 Å². The van der Waals surface area contributed by atoms with Crippen molar-refractivity contribution in [2.45, 2.75) is 4.34 Å². The lowest BCUT2D eigenvalue weighted by Crippen LogP contribution is -1.93. The average Bonchev–Trinajstić information content (AvgIpc) is 2.77. The molecule has 6 heteroatoms. The SMILES string of the molecule is COc1ccccc1Nc1nnc(SC)s1. The quantitative estimate of drug-likeness (QED) is 0.849. The number of para-hydroxylation sites is 2. The standard InChI is InChI=1S/C10H11N3OS2/c1-14-8-6-4-3-5-7(8)11-9-12-13-10(15-2)16-9/h3-6H,1-2H3,(H,11,12). The van der Waals surface area contributed by atoms with Crippen molar-refractivity contribution >= 4 is 33.9 Å². The maximum atomic E-state index is 5.24. The van der Waals surface area contributed by atoms with Crippen LogP contribution in [0, 0.1) is 0 Å². The molecule has 0 bridgehead atoms. The molecule has 0 radical (unpaired) electrons. The van der Waals surface area contributed by atoms with Crippen LogP contribution in [0.3, 0.4) is 0 Å². The number of thioether (sulfide) groups is 1. The maximum Gasteiger partial charge on any atom is 0.210 e. The minimum Gasteiger partial charge on any atom is -0.495 e. The first-order chi connectivity index (χ1) is 7.83. The third-order valence-corrected chi connectivity index (χ3v) is 3.74. The summed E-state index contributed by atoms with van der Waals surface area (Å²) in [5.41, 5.74) is 0.897. The molecule has 1 N–H and O–H groups in total. The number of nitrogens with one attached hydrogen (secondary N) is 1. The molecule has 0 aliphatic rings. The van der Waals surface area contributed by atoms with E-state index in [-0.39, 0.29) is 0 Å². The van der Waals surface area contributed by atoms with Gasteiger partial charge in [-0.2, -0.15) is 0 Å². The molecule has 0 atom stereocenters. The Morgan fingerprint density at radius 1 is 1.31 bits per heavy atom. The van der Waals surface area contributed by atoms with E-state index >= 15 is 0 Å². The highest BCUT2D eigenvalue weighted by Crippen LogP contribution is 2.30. The van der Waals surface area contributed by atoms with Gasteiger partial charge in [0.1, 0.15) is 5.75 Å². The number of anilines is 2. The average molecular weight is 253 g/mol. The second kappa shape index (κ2) is 5.18. The van der Waals surface area contributed by atoms with E-state index < -0.39 is 0 Å². The Morgan fingerprint density at radius 3 is 2.81 bits per heavy atom. The molecule has 84 valence electrons. The highest BCUT2D eigenvalue weighted by Gasteiger charge is 2.06. The van der Waals surface area contributed by atoms with Crippen molar-refractivity contribution in [2.75, 3.05) is 18.7 Å². The number of ether oxygens (including phenoxy) is 1. The van der Waals surface area contributed by atoms with Crippen molar-refractivity contribution in [2.24, 2.45) is 0 Å². The van der Waals surface area contributed by atoms with Gasteiger partial charge in [0.25, 0.3) is 0 Å². The first-order valence-corrected chi connectivity index (χ1v) is 6.65. The summed E-state index contributed by atoms with van der Waals surface area (Å²) in [7, 11) is 1.65. The summed E-state index contributed by atoms with van der Waals surface area (Å²) in [5, 5.41) is 12.0. The number of hydrogen-bond acceptors (Lipinski definition) is 6. The van der Waals surface area contributed by atoms with Crippen LogP contribution in [-0.2, 0) is 0 Å². The molecule has 1 aromatic heterocycles. The Balaban J connectivity index is 2.19. The van der Waals surface area contributed by atoms with Gasteiger partial charge in [0.2, 0.25) is 5.13 Å². The summed E-state index contributed by atoms with van der Waals surface area (Å²) in [4.78, 5) is 0. The number of rotatable bonds is 4. The Labute approximate surface area is 102 Å². The topological polar surface area (TPSA) is 47.0 Å². The van der Waals surface area contributed by atoms with E-state index in [0.717, 1.165) is 20.9 Å². The van der Waals surface area contributed by atoms with E-state index in [1.54, 1.807) is 18.9 Å². The lowest BCUT2D eigenvalue weighted by molar-refractivity contribution is 0.417. The summed E-state index contributed by atoms with van der Waals surface area (Å²) in [5.74, 6) is 0.795. The van der Waals surface area contributed by atoms with Crippen molar-refractivity contribution in [1.29, 1.82) is 0 Å². The van der Waals surface area contributed by atoms with E-state index in [0.29, 0.717) is 0 Å². The van der Waals surface area contributed by atoms with E-state index in [2.05, 4.69) is 15.5 Å². The van der Waals surface area contributed by atoms with Gasteiger partial charge in [0, 0.05) is 0 Å². The summed E-state index contributed by atoms with van der Waals surface area (Å²) in [6.07, 6.45) is 1.98. The van der Waals surface area contributed by atoms with Crippen LogP contribution in [0.2, 0.25) is 0 Å². The van der Waals surface area contributed by atoms with Crippen LogP contribution in [0.1, 0.15) is 0 Å². The van der Waals surface area contributed by atoms with Gasteiger partial charge in [-0.25, -0.2) is 0 Å². The molecule has 1 heterocycles. The second-order valence-corrected chi connectivity index (χ2v) is 4.93. The van der Waals surface area contributed by atoms with Gasteiger partial charge in [0.15, 0.2) is 4.34 Å². The Morgan fingerprint density at radius 2 is 2.12 bits per heavy atom. The van der Waals surface area contributed by atoms with Crippen LogP contribution in [0.5, 0.6) is 5.75 Å². The first-order valence-electron chi connectivity index (χ1n) is 4.61. The fourth-order valence-corrected chi connectivity index (χ4v) is 2.39. The van der Waals surface area contributed by atoms with Gasteiger partial charge in [-0.1, -0.05) is 35.2 Å². The molecule has 0 saturated heterocycles. The van der Waals surface area contributed by atoms with Crippen molar-refractivity contribution in [1.82, 2.24) is 10.2 Å². The molecule has 2 rings (SSSR count). The van der Waals surface area contributed by atoms with Crippen molar-refractivity contribution in [3.05, 3.63) is 24.3 Å². The van der Waals surface area contributed by atoms with Gasteiger partial charge in [-0.3, -0.25) is 0 Å². The van der Waals surface area contributed by atoms with Crippen molar-refractivity contribution in [3.8, 4) is 5.75 Å². The van der Waals surface area contributed by atoms with Crippen LogP contribution < -0.4 is 10.1 Å². The van der Waals surface area contributed by atoms with E-state index in [1.807, 2.05) is 30.5 Å². The van der Waals surface area contributed by atoms with Gasteiger partial charge >= 0.3 is 0 Å². The zero-order chi connectivity index (χ0) is 11.4. The molecule has 0 saturated carbocycles. The van der Waals surface area contributed by atoms with Crippen LogP contribution in [0.15, 0.2) is 28.6 Å². The lowest BCUT2D eigenvalue weighted by atomic mass is 10.3. The lowest BCUT2D eigenvalue weighted by Gasteiger charge is -2.07. The molecule has 0 aliphatic heterocycles. The molecule has 2 aromatic rings. The third-order valence-electron chi connectivity index (χ3n) is 1.93. The van der Waals surface area contributed by atoms with E-state index in [9.17, 15) is 0 Å². The normalized spacial score (nSPS) is 10.1. The predicted molar refractivity (Wildman–Crippen MR) is 68.0 cm³/mol. The Bertz CT molecular complexity index is 473. The molecular formula is C10H11N3OS2. The third kappa shape index (κ3) is 2.45. The number of benzene rings is 1. The minimum absolute atomic E-state index is 0.772. The molecule has 0 unspecified atom stereocenters. The molecule has 0 spiro atoms. The van der Waals surface area contributed by atoms with Crippen LogP contribution in [-0.4, -0.2) is 23.6 Å². The van der Waals surface area contributed by atoms with Crippen LogP contribution >= 0.6 is 23.1 Å². The highest BCUT2D eigenvalue weighted by atomic mass is 32.2. The van der Waals surface area contributed by atoms with Crippen molar-refractivity contribution in [3.63, 3.8) is 0 Å². The molecule has 1 aromatic carbocycles. The Hall–Kier alpha value is -1.27. The summed E-state index contributed by atoms with van der Waals surface area (Å²) < 4.78 is 6.18. The number of nitrogens with zero attached hydrogens (tertiary/aromatic N) is 2. The monoisotopic (exact) mass is 253 g/mol. The van der Waals surface area contributed by atoms with Crippen molar-refractivity contribution < 1.29 is 4.74 Å².